The van der Waals surface area contributed by atoms with E-state index in [0.717, 1.165) is 10.0 Å². The molecule has 0 radical (unpaired) electrons. The molecule has 10 heteroatoms. The summed E-state index contributed by atoms with van der Waals surface area (Å²) in [4.78, 5) is 29.3. The normalized spacial score (nSPS) is 11.1. The third-order valence-electron chi connectivity index (χ3n) is 4.93. The summed E-state index contributed by atoms with van der Waals surface area (Å²) in [5.41, 5.74) is 1.38. The smallest absolute Gasteiger partial charge is 0.264 e. The van der Waals surface area contributed by atoms with Gasteiger partial charge in [-0.1, -0.05) is 45.7 Å². The van der Waals surface area contributed by atoms with Gasteiger partial charge in [-0.05, 0) is 29.8 Å². The van der Waals surface area contributed by atoms with Crippen molar-refractivity contribution in [3.05, 3.63) is 91.8 Å². The summed E-state index contributed by atoms with van der Waals surface area (Å²) in [6.45, 7) is 0.948. The van der Waals surface area contributed by atoms with Gasteiger partial charge in [-0.15, -0.1) is 0 Å². The van der Waals surface area contributed by atoms with Gasteiger partial charge >= 0.3 is 0 Å². The SMILES string of the molecule is O=C(Cc1c(F)cccc1Cl)NCCn1ncc2c(=O)n(Cc3ccc(Br)cc3)cnc21. The van der Waals surface area contributed by atoms with Crippen LogP contribution in [0.5, 0.6) is 0 Å². The quantitative estimate of drug-likeness (QED) is 0.406. The summed E-state index contributed by atoms with van der Waals surface area (Å²) in [7, 11) is 0. The molecule has 0 bridgehead atoms. The van der Waals surface area contributed by atoms with Crippen LogP contribution in [0.15, 0.2) is 64.3 Å². The Morgan fingerprint density at radius 2 is 1.97 bits per heavy atom. The van der Waals surface area contributed by atoms with Gasteiger partial charge < -0.3 is 5.32 Å². The second-order valence-corrected chi connectivity index (χ2v) is 8.46. The van der Waals surface area contributed by atoms with Crippen molar-refractivity contribution in [1.82, 2.24) is 24.6 Å². The molecule has 0 spiro atoms. The highest BCUT2D eigenvalue weighted by atomic mass is 79.9. The second kappa shape index (κ2) is 9.62. The van der Waals surface area contributed by atoms with Crippen molar-refractivity contribution in [1.29, 1.82) is 0 Å². The molecule has 1 N–H and O–H groups in total. The molecular weight excluding hydrogens is 501 g/mol. The Kier molecular flexibility index (Phi) is 6.66. The lowest BCUT2D eigenvalue weighted by atomic mass is 10.1. The van der Waals surface area contributed by atoms with Gasteiger partial charge in [-0.2, -0.15) is 5.10 Å². The van der Waals surface area contributed by atoms with Crippen LogP contribution in [0.2, 0.25) is 5.02 Å². The van der Waals surface area contributed by atoms with Gasteiger partial charge in [0.15, 0.2) is 5.65 Å². The van der Waals surface area contributed by atoms with E-state index in [4.69, 9.17) is 11.6 Å². The molecule has 164 valence electrons. The molecule has 0 atom stereocenters. The van der Waals surface area contributed by atoms with E-state index in [1.54, 1.807) is 4.68 Å². The van der Waals surface area contributed by atoms with Crippen LogP contribution in [-0.2, 0) is 24.3 Å². The van der Waals surface area contributed by atoms with Gasteiger partial charge in [0.2, 0.25) is 5.91 Å². The number of amides is 1. The molecule has 4 rings (SSSR count). The Morgan fingerprint density at radius 3 is 2.72 bits per heavy atom. The van der Waals surface area contributed by atoms with Gasteiger partial charge in [-0.3, -0.25) is 14.2 Å². The number of fused-ring (bicyclic) bond motifs is 1. The number of hydrogen-bond donors (Lipinski definition) is 1. The zero-order chi connectivity index (χ0) is 22.7. The first-order valence-corrected chi connectivity index (χ1v) is 10.9. The van der Waals surface area contributed by atoms with Crippen molar-refractivity contribution in [2.75, 3.05) is 6.54 Å². The van der Waals surface area contributed by atoms with Crippen LogP contribution in [0.3, 0.4) is 0 Å². The van der Waals surface area contributed by atoms with E-state index >= 15 is 0 Å². The number of aromatic nitrogens is 4. The average molecular weight is 519 g/mol. The molecular formula is C22H18BrClFN5O2. The highest BCUT2D eigenvalue weighted by Crippen LogP contribution is 2.19. The van der Waals surface area contributed by atoms with E-state index in [1.165, 1.54) is 35.3 Å². The number of nitrogens with one attached hydrogen (secondary N) is 1. The maximum Gasteiger partial charge on any atom is 0.264 e. The fourth-order valence-corrected chi connectivity index (χ4v) is 3.78. The lowest BCUT2D eigenvalue weighted by Gasteiger charge is -2.09. The largest absolute Gasteiger partial charge is 0.354 e. The Bertz CT molecular complexity index is 1320. The minimum absolute atomic E-state index is 0.157. The predicted octanol–water partition coefficient (Wildman–Crippen LogP) is 3.56. The van der Waals surface area contributed by atoms with Crippen molar-refractivity contribution in [2.45, 2.75) is 19.5 Å². The number of nitrogens with zero attached hydrogens (tertiary/aromatic N) is 4. The van der Waals surface area contributed by atoms with Crippen LogP contribution in [-0.4, -0.2) is 31.8 Å². The van der Waals surface area contributed by atoms with Crippen LogP contribution in [0.4, 0.5) is 4.39 Å². The van der Waals surface area contributed by atoms with Gasteiger partial charge in [0.05, 0.1) is 25.7 Å². The van der Waals surface area contributed by atoms with Crippen LogP contribution < -0.4 is 10.9 Å². The summed E-state index contributed by atoms with van der Waals surface area (Å²) in [5, 5.41) is 7.55. The Morgan fingerprint density at radius 1 is 1.19 bits per heavy atom. The lowest BCUT2D eigenvalue weighted by Crippen LogP contribution is -2.29. The monoisotopic (exact) mass is 517 g/mol. The minimum atomic E-state index is -0.519. The zero-order valence-corrected chi connectivity index (χ0v) is 19.1. The number of benzene rings is 2. The molecule has 0 aliphatic heterocycles. The lowest BCUT2D eigenvalue weighted by molar-refractivity contribution is -0.120. The van der Waals surface area contributed by atoms with E-state index in [9.17, 15) is 14.0 Å². The third kappa shape index (κ3) is 4.89. The Balaban J connectivity index is 1.41. The predicted molar refractivity (Wildman–Crippen MR) is 123 cm³/mol. The van der Waals surface area contributed by atoms with Gasteiger partial charge in [-0.25, -0.2) is 14.1 Å². The standard InChI is InChI=1S/C22H18BrClFN5O2/c23-15-6-4-14(5-7-15)12-29-13-27-21-17(22(29)32)11-28-30(21)9-8-26-20(31)10-16-18(24)2-1-3-19(16)25/h1-7,11,13H,8-10,12H2,(H,26,31). The Labute approximate surface area is 196 Å². The summed E-state index contributed by atoms with van der Waals surface area (Å²) in [5.74, 6) is -0.882. The maximum atomic E-state index is 13.8. The molecule has 0 aliphatic rings. The first kappa shape index (κ1) is 22.2. The minimum Gasteiger partial charge on any atom is -0.354 e. The maximum absolute atomic E-state index is 13.8. The van der Waals surface area contributed by atoms with Crippen LogP contribution in [0.1, 0.15) is 11.1 Å². The molecule has 0 saturated carbocycles. The van der Waals surface area contributed by atoms with Gasteiger partial charge in [0, 0.05) is 21.6 Å². The summed E-state index contributed by atoms with van der Waals surface area (Å²) in [6, 6.07) is 12.0. The Hall–Kier alpha value is -3.04. The molecule has 4 aromatic rings. The highest BCUT2D eigenvalue weighted by molar-refractivity contribution is 9.10. The molecule has 2 heterocycles. The second-order valence-electron chi connectivity index (χ2n) is 7.14. The number of carbonyl (C=O) groups is 1. The summed E-state index contributed by atoms with van der Waals surface area (Å²) < 4.78 is 17.9. The molecule has 7 nitrogen and oxygen atoms in total. The molecule has 0 saturated heterocycles. The fraction of sp³-hybridized carbons (Fsp3) is 0.182. The van der Waals surface area contributed by atoms with Gasteiger partial charge in [0.1, 0.15) is 17.5 Å². The fourth-order valence-electron chi connectivity index (χ4n) is 3.29. The number of hydrogen-bond acceptors (Lipinski definition) is 4. The van der Waals surface area contributed by atoms with Crippen molar-refractivity contribution in [3.63, 3.8) is 0 Å². The summed E-state index contributed by atoms with van der Waals surface area (Å²) >= 11 is 9.36. The molecule has 0 unspecified atom stereocenters. The first-order chi connectivity index (χ1) is 15.4. The van der Waals surface area contributed by atoms with Crippen LogP contribution in [0.25, 0.3) is 11.0 Å². The molecule has 2 aromatic carbocycles. The van der Waals surface area contributed by atoms with Crippen molar-refractivity contribution < 1.29 is 9.18 Å². The first-order valence-electron chi connectivity index (χ1n) is 9.77. The van der Waals surface area contributed by atoms with E-state index in [1.807, 2.05) is 24.3 Å². The molecule has 2 aromatic heterocycles. The van der Waals surface area contributed by atoms with Crippen LogP contribution >= 0.6 is 27.5 Å². The number of halogens is 3. The zero-order valence-electron chi connectivity index (χ0n) is 16.8. The third-order valence-corrected chi connectivity index (χ3v) is 5.82. The van der Waals surface area contributed by atoms with Gasteiger partial charge in [0.25, 0.3) is 5.56 Å². The molecule has 32 heavy (non-hydrogen) atoms. The summed E-state index contributed by atoms with van der Waals surface area (Å²) in [6.07, 6.45) is 2.80. The number of carbonyl (C=O) groups excluding carboxylic acids is 1. The molecule has 0 fully saturated rings. The van der Waals surface area contributed by atoms with Crippen LogP contribution in [0, 0.1) is 5.82 Å². The number of rotatable bonds is 7. The molecule has 0 aliphatic carbocycles. The van der Waals surface area contributed by atoms with Crippen molar-refractivity contribution in [3.8, 4) is 0 Å². The highest BCUT2D eigenvalue weighted by Gasteiger charge is 2.13. The van der Waals surface area contributed by atoms with Crippen molar-refractivity contribution in [2.24, 2.45) is 0 Å². The van der Waals surface area contributed by atoms with E-state index in [-0.39, 0.29) is 35.0 Å². The van der Waals surface area contributed by atoms with Crippen molar-refractivity contribution >= 4 is 44.5 Å². The average Bonchev–Trinajstić information content (AvgIpc) is 3.18. The topological polar surface area (TPSA) is 81.8 Å². The van der Waals surface area contributed by atoms with E-state index in [0.29, 0.717) is 24.1 Å². The van der Waals surface area contributed by atoms with E-state index < -0.39 is 5.82 Å². The van der Waals surface area contributed by atoms with E-state index in [2.05, 4.69) is 31.3 Å². The molecule has 1 amide bonds.